The van der Waals surface area contributed by atoms with Crippen molar-refractivity contribution < 1.29 is 0 Å². The summed E-state index contributed by atoms with van der Waals surface area (Å²) in [6, 6.07) is 2.59. The van der Waals surface area contributed by atoms with Crippen LogP contribution in [-0.4, -0.2) is 7.05 Å². The lowest BCUT2D eigenvalue weighted by Gasteiger charge is -1.84. The van der Waals surface area contributed by atoms with Crippen LogP contribution in [0.5, 0.6) is 0 Å². The summed E-state index contributed by atoms with van der Waals surface area (Å²) < 4.78 is 0. The van der Waals surface area contributed by atoms with Gasteiger partial charge in [-0.1, -0.05) is 5.92 Å². The average Bonchev–Trinajstić information content (AvgIpc) is 1.61. The highest BCUT2D eigenvalue weighted by molar-refractivity contribution is 4.90. The van der Waals surface area contributed by atoms with Crippen molar-refractivity contribution in [3.8, 4) is 12.0 Å². The number of hydrogen-bond acceptors (Lipinski definition) is 2. The fraction of sp³-hybridized carbons (Fsp3) is 0.500. The van der Waals surface area contributed by atoms with E-state index >= 15 is 0 Å². The molecule has 0 saturated heterocycles. The van der Waals surface area contributed by atoms with Gasteiger partial charge in [-0.2, -0.15) is 0 Å². The second kappa shape index (κ2) is 4.32. The van der Waals surface area contributed by atoms with Gasteiger partial charge in [-0.3, -0.25) is 5.43 Å². The lowest BCUT2D eigenvalue weighted by atomic mass is 10.8. The summed E-state index contributed by atoms with van der Waals surface area (Å²) >= 11 is 0. The molecule has 2 N–H and O–H groups in total. The molecule has 0 amide bonds. The molecule has 0 heterocycles. The van der Waals surface area contributed by atoms with Crippen LogP contribution < -0.4 is 10.9 Å². The third-order valence-corrected chi connectivity index (χ3v) is 0.312. The molecule has 0 atom stereocenters. The molecule has 6 heavy (non-hydrogen) atoms. The molecule has 0 aliphatic heterocycles. The van der Waals surface area contributed by atoms with Crippen LogP contribution in [-0.2, 0) is 0 Å². The smallest absolute Gasteiger partial charge is 0.0198 e. The molecule has 0 spiro atoms. The Morgan fingerprint density at radius 3 is 2.33 bits per heavy atom. The summed E-state index contributed by atoms with van der Waals surface area (Å²) in [5.41, 5.74) is 5.23. The van der Waals surface area contributed by atoms with Gasteiger partial charge in [-0.25, -0.2) is 5.43 Å². The van der Waals surface area contributed by atoms with Crippen LogP contribution in [0.2, 0.25) is 0 Å². The lowest BCUT2D eigenvalue weighted by Crippen LogP contribution is -2.21. The Bertz CT molecular complexity index is 67.4. The maximum absolute atomic E-state index is 2.64. The van der Waals surface area contributed by atoms with Gasteiger partial charge in [0.15, 0.2) is 0 Å². The van der Waals surface area contributed by atoms with Crippen LogP contribution >= 0.6 is 0 Å². The molecule has 2 heteroatoms. The van der Waals surface area contributed by atoms with Gasteiger partial charge in [0, 0.05) is 13.1 Å². The Morgan fingerprint density at radius 2 is 2.17 bits per heavy atom. The Kier molecular flexibility index (Phi) is 3.83. The van der Waals surface area contributed by atoms with Crippen LogP contribution in [0.1, 0.15) is 6.92 Å². The largest absolute Gasteiger partial charge is 0.281 e. The summed E-state index contributed by atoms with van der Waals surface area (Å²) in [5.74, 6) is 2.64. The normalized spacial score (nSPS) is 5.67. The molecule has 34 valence electrons. The summed E-state index contributed by atoms with van der Waals surface area (Å²) in [6.45, 7) is 1.77. The first-order valence-corrected chi connectivity index (χ1v) is 1.75. The highest BCUT2D eigenvalue weighted by Crippen LogP contribution is 1.36. The van der Waals surface area contributed by atoms with E-state index in [1.807, 2.05) is 0 Å². The van der Waals surface area contributed by atoms with E-state index in [1.54, 1.807) is 14.0 Å². The zero-order valence-corrected chi connectivity index (χ0v) is 4.00. The summed E-state index contributed by atoms with van der Waals surface area (Å²) in [4.78, 5) is 0. The Labute approximate surface area is 37.9 Å². The second-order valence-corrected chi connectivity index (χ2v) is 0.750. The van der Waals surface area contributed by atoms with E-state index in [2.05, 4.69) is 22.8 Å². The number of hydrazine groups is 1. The van der Waals surface area contributed by atoms with E-state index in [9.17, 15) is 0 Å². The molecule has 0 aromatic heterocycles. The number of nitrogens with one attached hydrogen (secondary N) is 2. The van der Waals surface area contributed by atoms with Gasteiger partial charge in [0.25, 0.3) is 0 Å². The third kappa shape index (κ3) is 3.32. The molecule has 0 radical (unpaired) electrons. The molecule has 0 aliphatic carbocycles. The molecule has 0 aromatic rings. The van der Waals surface area contributed by atoms with Crippen molar-refractivity contribution in [3.63, 3.8) is 0 Å². The molecule has 0 aliphatic rings. The number of hydrogen-bond donors (Lipinski definition) is 2. The fourth-order valence-electron chi connectivity index (χ4n) is 0.125. The van der Waals surface area contributed by atoms with Crippen molar-refractivity contribution >= 4 is 0 Å². The molecule has 0 bridgehead atoms. The Hall–Kier alpha value is -0.680. The van der Waals surface area contributed by atoms with Crippen molar-refractivity contribution in [3.05, 3.63) is 0 Å². The van der Waals surface area contributed by atoms with Gasteiger partial charge in [0.05, 0.1) is 0 Å². The van der Waals surface area contributed by atoms with E-state index in [0.717, 1.165) is 0 Å². The molecule has 0 rings (SSSR count). The summed E-state index contributed by atoms with van der Waals surface area (Å²) in [6.07, 6.45) is 0. The maximum Gasteiger partial charge on any atom is 0.0198 e. The lowest BCUT2D eigenvalue weighted by molar-refractivity contribution is 0.754. The van der Waals surface area contributed by atoms with E-state index in [0.29, 0.717) is 0 Å². The van der Waals surface area contributed by atoms with Crippen LogP contribution in [0.3, 0.4) is 0 Å². The maximum atomic E-state index is 2.64. The van der Waals surface area contributed by atoms with Crippen molar-refractivity contribution in [2.75, 3.05) is 7.05 Å². The minimum atomic E-state index is 1.77. The zero-order valence-electron chi connectivity index (χ0n) is 4.00. The van der Waals surface area contributed by atoms with Crippen molar-refractivity contribution in [1.82, 2.24) is 10.9 Å². The van der Waals surface area contributed by atoms with Gasteiger partial charge < -0.3 is 0 Å². The van der Waals surface area contributed by atoms with E-state index in [1.165, 1.54) is 0 Å². The molecule has 0 fully saturated rings. The summed E-state index contributed by atoms with van der Waals surface area (Å²) in [5, 5.41) is 0. The van der Waals surface area contributed by atoms with Gasteiger partial charge in [-0.15, -0.1) is 0 Å². The van der Waals surface area contributed by atoms with Gasteiger partial charge in [-0.05, 0) is 6.92 Å². The first kappa shape index (κ1) is 5.32. The zero-order chi connectivity index (χ0) is 4.83. The molecular weight excluding hydrogens is 76.1 g/mol. The highest BCUT2D eigenvalue weighted by Gasteiger charge is 1.52. The highest BCUT2D eigenvalue weighted by atomic mass is 15.3. The molecular formula is C4H8N2. The second-order valence-electron chi connectivity index (χ2n) is 0.750. The molecule has 2 nitrogen and oxygen atoms in total. The number of rotatable bonds is 1. The molecule has 0 aromatic carbocycles. The average molecular weight is 84.1 g/mol. The van der Waals surface area contributed by atoms with Crippen molar-refractivity contribution in [1.29, 1.82) is 0 Å². The van der Waals surface area contributed by atoms with E-state index < -0.39 is 0 Å². The van der Waals surface area contributed by atoms with Crippen LogP contribution in [0.15, 0.2) is 0 Å². The standard InChI is InChI=1S/C4H8N2/c1-3-4-6-5-2/h5-6H,1-2H3. The molecule has 0 unspecified atom stereocenters. The van der Waals surface area contributed by atoms with E-state index in [-0.39, 0.29) is 0 Å². The van der Waals surface area contributed by atoms with Gasteiger partial charge in [0.1, 0.15) is 0 Å². The third-order valence-electron chi connectivity index (χ3n) is 0.312. The monoisotopic (exact) mass is 84.1 g/mol. The fourth-order valence-corrected chi connectivity index (χ4v) is 0.125. The first-order valence-electron chi connectivity index (χ1n) is 1.75. The summed E-state index contributed by atoms with van der Waals surface area (Å²) in [7, 11) is 1.77. The van der Waals surface area contributed by atoms with Crippen LogP contribution in [0, 0.1) is 12.0 Å². The minimum absolute atomic E-state index is 1.77. The predicted octanol–water partition coefficient (Wildman–Crippen LogP) is -0.309. The quantitative estimate of drug-likeness (QED) is 0.259. The first-order chi connectivity index (χ1) is 2.91. The van der Waals surface area contributed by atoms with E-state index in [4.69, 9.17) is 0 Å². The predicted molar refractivity (Wildman–Crippen MR) is 25.6 cm³/mol. The van der Waals surface area contributed by atoms with Gasteiger partial charge >= 0.3 is 0 Å². The minimum Gasteiger partial charge on any atom is -0.281 e. The SMILES string of the molecule is CC#CNNC. The van der Waals surface area contributed by atoms with Gasteiger partial charge in [0.2, 0.25) is 0 Å². The van der Waals surface area contributed by atoms with Crippen molar-refractivity contribution in [2.24, 2.45) is 0 Å². The Balaban J connectivity index is 2.79. The van der Waals surface area contributed by atoms with Crippen LogP contribution in [0.4, 0.5) is 0 Å². The Morgan fingerprint density at radius 1 is 1.50 bits per heavy atom. The van der Waals surface area contributed by atoms with Crippen LogP contribution in [0.25, 0.3) is 0 Å². The molecule has 0 saturated carbocycles. The van der Waals surface area contributed by atoms with Crippen molar-refractivity contribution in [2.45, 2.75) is 6.92 Å². The topological polar surface area (TPSA) is 24.1 Å².